The molecule has 0 aliphatic carbocycles. The van der Waals surface area contributed by atoms with E-state index in [1.165, 1.54) is 39.9 Å². The van der Waals surface area contributed by atoms with Crippen molar-refractivity contribution >= 4 is 73.5 Å². The molecule has 0 fully saturated rings. The van der Waals surface area contributed by atoms with Gasteiger partial charge in [-0.05, 0) is 0 Å². The molecule has 0 heterocycles. The molecular formula is C34H24N2Te. The Morgan fingerprint density at radius 3 is 1.32 bits per heavy atom. The van der Waals surface area contributed by atoms with Crippen molar-refractivity contribution in [3.05, 3.63) is 145 Å². The predicted molar refractivity (Wildman–Crippen MR) is 160 cm³/mol. The Morgan fingerprint density at radius 1 is 0.405 bits per heavy atom. The van der Waals surface area contributed by atoms with Crippen LogP contribution in [0.1, 0.15) is 11.1 Å². The molecule has 3 heteroatoms. The summed E-state index contributed by atoms with van der Waals surface area (Å²) >= 11 is -0.657. The zero-order chi connectivity index (χ0) is 24.9. The second-order valence-corrected chi connectivity index (χ2v) is 11.8. The van der Waals surface area contributed by atoms with Gasteiger partial charge in [-0.25, -0.2) is 0 Å². The van der Waals surface area contributed by atoms with E-state index in [2.05, 4.69) is 133 Å². The Hall–Kier alpha value is -4.03. The number of fused-ring (bicyclic) bond motifs is 2. The number of hydrogen-bond donors (Lipinski definition) is 0. The fraction of sp³-hybridized carbons (Fsp3) is 0. The summed E-state index contributed by atoms with van der Waals surface area (Å²) in [5.74, 6) is 0. The van der Waals surface area contributed by atoms with Crippen LogP contribution in [0.2, 0.25) is 0 Å². The van der Waals surface area contributed by atoms with Crippen LogP contribution >= 0.6 is 0 Å². The molecule has 0 saturated heterocycles. The van der Waals surface area contributed by atoms with Gasteiger partial charge in [-0.1, -0.05) is 0 Å². The molecule has 176 valence electrons. The zero-order valence-corrected chi connectivity index (χ0v) is 22.5. The molecule has 0 amide bonds. The van der Waals surface area contributed by atoms with E-state index in [1.54, 1.807) is 0 Å². The molecule has 0 aromatic heterocycles. The molecule has 0 spiro atoms. The molecule has 6 rings (SSSR count). The number of nitrogens with zero attached hydrogens (tertiary/aromatic N) is 2. The van der Waals surface area contributed by atoms with Gasteiger partial charge in [0, 0.05) is 0 Å². The molecule has 0 radical (unpaired) electrons. The first-order valence-corrected chi connectivity index (χ1v) is 14.6. The molecule has 0 bridgehead atoms. The Kier molecular flexibility index (Phi) is 6.90. The Bertz CT molecular complexity index is 1630. The van der Waals surface area contributed by atoms with Crippen LogP contribution in [0.15, 0.2) is 143 Å². The molecule has 0 atom stereocenters. The van der Waals surface area contributed by atoms with E-state index in [0.717, 1.165) is 11.4 Å². The molecule has 0 aliphatic rings. The summed E-state index contributed by atoms with van der Waals surface area (Å²) in [6.07, 6.45) is 4.04. The molecule has 0 N–H and O–H groups in total. The van der Waals surface area contributed by atoms with Crippen LogP contribution in [0.3, 0.4) is 0 Å². The van der Waals surface area contributed by atoms with Crippen molar-refractivity contribution in [3.63, 3.8) is 0 Å². The standard InChI is InChI=1S/C34H24N2Te/c1-5-17-29-25(11-1)15-9-19-31(29)35-23-27-13-3-7-21-33(27)37-34-22-8-4-14-28(34)24-36-32-20-10-16-26-12-2-6-18-30(26)32/h1-24H. The third-order valence-corrected chi connectivity index (χ3v) is 9.65. The molecule has 6 aromatic rings. The third kappa shape index (κ3) is 5.25. The van der Waals surface area contributed by atoms with Crippen molar-refractivity contribution in [2.75, 3.05) is 0 Å². The van der Waals surface area contributed by atoms with Crippen LogP contribution in [0.25, 0.3) is 21.5 Å². The van der Waals surface area contributed by atoms with Crippen molar-refractivity contribution < 1.29 is 0 Å². The topological polar surface area (TPSA) is 24.7 Å². The van der Waals surface area contributed by atoms with Gasteiger partial charge >= 0.3 is 228 Å². The van der Waals surface area contributed by atoms with Gasteiger partial charge in [0.2, 0.25) is 0 Å². The fourth-order valence-corrected chi connectivity index (χ4v) is 7.27. The van der Waals surface area contributed by atoms with Gasteiger partial charge < -0.3 is 0 Å². The van der Waals surface area contributed by atoms with Gasteiger partial charge in [0.05, 0.1) is 0 Å². The van der Waals surface area contributed by atoms with Gasteiger partial charge in [-0.15, -0.1) is 0 Å². The van der Waals surface area contributed by atoms with E-state index in [9.17, 15) is 0 Å². The van der Waals surface area contributed by atoms with Crippen molar-refractivity contribution in [1.82, 2.24) is 0 Å². The normalized spacial score (nSPS) is 11.7. The first kappa shape index (κ1) is 23.4. The van der Waals surface area contributed by atoms with Crippen LogP contribution in [-0.2, 0) is 0 Å². The first-order chi connectivity index (χ1) is 18.3. The average molecular weight is 588 g/mol. The molecule has 0 aliphatic heterocycles. The average Bonchev–Trinajstić information content (AvgIpc) is 2.96. The zero-order valence-electron chi connectivity index (χ0n) is 20.2. The maximum absolute atomic E-state index is 4.90. The molecule has 37 heavy (non-hydrogen) atoms. The minimum atomic E-state index is -0.657. The summed E-state index contributed by atoms with van der Waals surface area (Å²) in [5, 5.41) is 4.76. The molecule has 2 nitrogen and oxygen atoms in total. The van der Waals surface area contributed by atoms with E-state index in [-0.39, 0.29) is 0 Å². The van der Waals surface area contributed by atoms with Gasteiger partial charge in [-0.3, -0.25) is 0 Å². The summed E-state index contributed by atoms with van der Waals surface area (Å²) in [7, 11) is 0. The Labute approximate surface area is 227 Å². The predicted octanol–water partition coefficient (Wildman–Crippen LogP) is 7.15. The van der Waals surface area contributed by atoms with Crippen LogP contribution in [0, 0.1) is 0 Å². The van der Waals surface area contributed by atoms with Crippen molar-refractivity contribution in [2.24, 2.45) is 9.98 Å². The van der Waals surface area contributed by atoms with Crippen molar-refractivity contribution in [1.29, 1.82) is 0 Å². The van der Waals surface area contributed by atoms with Crippen LogP contribution in [0.4, 0.5) is 11.4 Å². The van der Waals surface area contributed by atoms with E-state index >= 15 is 0 Å². The van der Waals surface area contributed by atoms with E-state index < -0.39 is 20.9 Å². The second kappa shape index (κ2) is 10.9. The number of hydrogen-bond acceptors (Lipinski definition) is 2. The van der Waals surface area contributed by atoms with Crippen LogP contribution < -0.4 is 7.22 Å². The van der Waals surface area contributed by atoms with Gasteiger partial charge in [0.25, 0.3) is 0 Å². The third-order valence-electron chi connectivity index (χ3n) is 6.28. The SMILES string of the molecule is C(=Nc1cccc2ccccc12)c1ccccc1[Te]c1ccccc1C=Nc1cccc2ccccc12. The number of rotatable bonds is 6. The Balaban J connectivity index is 1.30. The molecular weight excluding hydrogens is 564 g/mol. The first-order valence-electron chi connectivity index (χ1n) is 12.2. The number of benzene rings is 6. The van der Waals surface area contributed by atoms with E-state index in [0.29, 0.717) is 0 Å². The van der Waals surface area contributed by atoms with Gasteiger partial charge in [0.15, 0.2) is 0 Å². The van der Waals surface area contributed by atoms with Crippen molar-refractivity contribution in [3.8, 4) is 0 Å². The minimum absolute atomic E-state index is 0.657. The maximum atomic E-state index is 4.90. The summed E-state index contributed by atoms with van der Waals surface area (Å²) < 4.78 is 2.73. The van der Waals surface area contributed by atoms with E-state index in [4.69, 9.17) is 9.98 Å². The summed E-state index contributed by atoms with van der Waals surface area (Å²) in [5.41, 5.74) is 4.35. The summed E-state index contributed by atoms with van der Waals surface area (Å²) in [6, 6.07) is 46.6. The molecule has 6 aromatic carbocycles. The monoisotopic (exact) mass is 590 g/mol. The second-order valence-electron chi connectivity index (χ2n) is 8.69. The summed E-state index contributed by atoms with van der Waals surface area (Å²) in [6.45, 7) is 0. The molecule has 0 unspecified atom stereocenters. The van der Waals surface area contributed by atoms with Crippen LogP contribution in [0.5, 0.6) is 0 Å². The quantitative estimate of drug-likeness (QED) is 0.146. The van der Waals surface area contributed by atoms with Crippen molar-refractivity contribution in [2.45, 2.75) is 0 Å². The summed E-state index contributed by atoms with van der Waals surface area (Å²) in [4.78, 5) is 9.81. The Morgan fingerprint density at radius 2 is 0.811 bits per heavy atom. The van der Waals surface area contributed by atoms with Gasteiger partial charge in [0.1, 0.15) is 0 Å². The van der Waals surface area contributed by atoms with Gasteiger partial charge in [-0.2, -0.15) is 0 Å². The molecule has 0 saturated carbocycles. The number of aliphatic imine (C=N–C) groups is 2. The fourth-order valence-electron chi connectivity index (χ4n) is 4.40. The van der Waals surface area contributed by atoms with E-state index in [1.807, 2.05) is 12.4 Å². The van der Waals surface area contributed by atoms with Crippen LogP contribution in [-0.4, -0.2) is 33.4 Å².